The summed E-state index contributed by atoms with van der Waals surface area (Å²) >= 11 is 0. The summed E-state index contributed by atoms with van der Waals surface area (Å²) in [6, 6.07) is 3.35. The number of aromatic carboxylic acids is 1. The third-order valence-corrected chi connectivity index (χ3v) is 4.93. The minimum absolute atomic E-state index is 0.130. The van der Waals surface area contributed by atoms with Crippen LogP contribution in [0.15, 0.2) is 18.3 Å². The Morgan fingerprint density at radius 3 is 2.59 bits per heavy atom. The predicted molar refractivity (Wildman–Crippen MR) is 81.9 cm³/mol. The lowest BCUT2D eigenvalue weighted by Gasteiger charge is -2.39. The largest absolute Gasteiger partial charge is 0.478 e. The number of likely N-dealkylation sites (tertiary alicyclic amines) is 1. The highest BCUT2D eigenvalue weighted by molar-refractivity contribution is 5.87. The van der Waals surface area contributed by atoms with Crippen LogP contribution in [0.1, 0.15) is 36.5 Å². The van der Waals surface area contributed by atoms with Crippen LogP contribution in [0.2, 0.25) is 0 Å². The second kappa shape index (κ2) is 5.59. The molecule has 118 valence electrons. The number of amides is 1. The van der Waals surface area contributed by atoms with Crippen LogP contribution in [0.25, 0.3) is 0 Å². The van der Waals surface area contributed by atoms with E-state index in [0.717, 1.165) is 44.8 Å². The summed E-state index contributed by atoms with van der Waals surface area (Å²) in [4.78, 5) is 31.2. The molecule has 3 rings (SSSR count). The number of aromatic nitrogens is 1. The highest BCUT2D eigenvalue weighted by Crippen LogP contribution is 2.41. The van der Waals surface area contributed by atoms with Gasteiger partial charge in [-0.25, -0.2) is 9.78 Å². The average Bonchev–Trinajstić information content (AvgIpc) is 2.84. The lowest BCUT2D eigenvalue weighted by Crippen LogP contribution is -2.42. The lowest BCUT2D eigenvalue weighted by atomic mass is 9.77. The number of anilines is 1. The zero-order valence-corrected chi connectivity index (χ0v) is 12.8. The van der Waals surface area contributed by atoms with E-state index < -0.39 is 5.97 Å². The molecule has 0 atom stereocenters. The van der Waals surface area contributed by atoms with E-state index >= 15 is 0 Å². The summed E-state index contributed by atoms with van der Waals surface area (Å²) in [5.74, 6) is 0.136. The van der Waals surface area contributed by atoms with E-state index in [9.17, 15) is 9.59 Å². The van der Waals surface area contributed by atoms with Crippen LogP contribution in [0.4, 0.5) is 5.82 Å². The van der Waals surface area contributed by atoms with Gasteiger partial charge in [-0.3, -0.25) is 4.79 Å². The Morgan fingerprint density at radius 1 is 1.36 bits per heavy atom. The Balaban J connectivity index is 1.64. The first-order valence-corrected chi connectivity index (χ1v) is 7.75. The molecule has 2 saturated heterocycles. The number of carbonyl (C=O) groups is 2. The fourth-order valence-corrected chi connectivity index (χ4v) is 3.51. The first-order chi connectivity index (χ1) is 10.5. The van der Waals surface area contributed by atoms with Gasteiger partial charge in [0.05, 0.1) is 5.56 Å². The highest BCUT2D eigenvalue weighted by Gasteiger charge is 2.44. The van der Waals surface area contributed by atoms with Crippen LogP contribution in [0, 0.1) is 5.41 Å². The summed E-state index contributed by atoms with van der Waals surface area (Å²) in [7, 11) is 0. The maximum atomic E-state index is 12.0. The van der Waals surface area contributed by atoms with Gasteiger partial charge in [-0.1, -0.05) is 0 Å². The van der Waals surface area contributed by atoms with Crippen LogP contribution in [0.3, 0.4) is 0 Å². The second-order valence-corrected chi connectivity index (χ2v) is 6.28. The summed E-state index contributed by atoms with van der Waals surface area (Å²) in [5.41, 5.74) is 0.335. The van der Waals surface area contributed by atoms with Crippen LogP contribution >= 0.6 is 0 Å². The number of carboxylic acids is 1. The molecule has 2 aliphatic rings. The second-order valence-electron chi connectivity index (χ2n) is 6.28. The molecular formula is C16H21N3O3. The summed E-state index contributed by atoms with van der Waals surface area (Å²) in [6.45, 7) is 5.43. The molecule has 6 heteroatoms. The number of hydrogen-bond donors (Lipinski definition) is 1. The molecule has 0 unspecified atom stereocenters. The van der Waals surface area contributed by atoms with Crippen LogP contribution in [0.5, 0.6) is 0 Å². The van der Waals surface area contributed by atoms with E-state index in [1.165, 1.54) is 6.20 Å². The Hall–Kier alpha value is -2.11. The molecule has 0 bridgehead atoms. The molecule has 6 nitrogen and oxygen atoms in total. The first kappa shape index (κ1) is 14.8. The van der Waals surface area contributed by atoms with Crippen LogP contribution in [-0.4, -0.2) is 53.0 Å². The van der Waals surface area contributed by atoms with Gasteiger partial charge in [-0.05, 0) is 31.9 Å². The van der Waals surface area contributed by atoms with Crippen molar-refractivity contribution in [1.29, 1.82) is 0 Å². The van der Waals surface area contributed by atoms with Gasteiger partial charge in [0.15, 0.2) is 0 Å². The SMILES string of the molecule is CCN1CC2(CCN(c3ccc(C(=O)O)cn3)CC2)CC1=O. The van der Waals surface area contributed by atoms with E-state index in [2.05, 4.69) is 9.88 Å². The zero-order valence-electron chi connectivity index (χ0n) is 12.8. The van der Waals surface area contributed by atoms with E-state index in [-0.39, 0.29) is 16.9 Å². The topological polar surface area (TPSA) is 73.7 Å². The van der Waals surface area contributed by atoms with E-state index in [0.29, 0.717) is 6.42 Å². The van der Waals surface area contributed by atoms with E-state index in [1.807, 2.05) is 11.8 Å². The Labute approximate surface area is 129 Å². The minimum Gasteiger partial charge on any atom is -0.478 e. The molecule has 0 radical (unpaired) electrons. The molecule has 1 spiro atoms. The molecule has 22 heavy (non-hydrogen) atoms. The normalized spacial score (nSPS) is 20.7. The van der Waals surface area contributed by atoms with Crippen molar-refractivity contribution >= 4 is 17.7 Å². The van der Waals surface area contributed by atoms with E-state index in [4.69, 9.17) is 5.11 Å². The van der Waals surface area contributed by atoms with Crippen molar-refractivity contribution in [2.45, 2.75) is 26.2 Å². The highest BCUT2D eigenvalue weighted by atomic mass is 16.4. The minimum atomic E-state index is -0.958. The number of nitrogens with zero attached hydrogens (tertiary/aromatic N) is 3. The smallest absolute Gasteiger partial charge is 0.337 e. The number of hydrogen-bond acceptors (Lipinski definition) is 4. The van der Waals surface area contributed by atoms with Gasteiger partial charge in [-0.2, -0.15) is 0 Å². The van der Waals surface area contributed by atoms with Crippen LogP contribution in [-0.2, 0) is 4.79 Å². The third-order valence-electron chi connectivity index (χ3n) is 4.93. The molecule has 0 aromatic carbocycles. The van der Waals surface area contributed by atoms with Crippen molar-refractivity contribution in [2.24, 2.45) is 5.41 Å². The van der Waals surface area contributed by atoms with Crippen molar-refractivity contribution in [1.82, 2.24) is 9.88 Å². The Bertz CT molecular complexity index is 577. The van der Waals surface area contributed by atoms with Crippen LogP contribution < -0.4 is 4.90 Å². The molecule has 1 amide bonds. The number of pyridine rings is 1. The number of carbonyl (C=O) groups excluding carboxylic acids is 1. The molecule has 2 aliphatic heterocycles. The number of rotatable bonds is 3. The Morgan fingerprint density at radius 2 is 2.09 bits per heavy atom. The predicted octanol–water partition coefficient (Wildman–Crippen LogP) is 1.62. The van der Waals surface area contributed by atoms with Gasteiger partial charge in [0.25, 0.3) is 0 Å². The van der Waals surface area contributed by atoms with E-state index in [1.54, 1.807) is 12.1 Å². The van der Waals surface area contributed by atoms with Crippen molar-refractivity contribution in [3.8, 4) is 0 Å². The monoisotopic (exact) mass is 303 g/mol. The van der Waals surface area contributed by atoms with Crippen molar-refractivity contribution in [3.63, 3.8) is 0 Å². The molecule has 1 N–H and O–H groups in total. The number of piperidine rings is 1. The van der Waals surface area contributed by atoms with Gasteiger partial charge < -0.3 is 14.9 Å². The van der Waals surface area contributed by atoms with Gasteiger partial charge >= 0.3 is 5.97 Å². The van der Waals surface area contributed by atoms with Gasteiger partial charge in [0, 0.05) is 44.2 Å². The van der Waals surface area contributed by atoms with Gasteiger partial charge in [0.1, 0.15) is 5.82 Å². The summed E-state index contributed by atoms with van der Waals surface area (Å²) in [6.07, 6.45) is 4.04. The fraction of sp³-hybridized carbons (Fsp3) is 0.562. The molecule has 0 saturated carbocycles. The van der Waals surface area contributed by atoms with Crippen molar-refractivity contribution < 1.29 is 14.7 Å². The average molecular weight is 303 g/mol. The maximum absolute atomic E-state index is 12.0. The Kier molecular flexibility index (Phi) is 3.76. The standard InChI is InChI=1S/C16H21N3O3/c1-2-18-11-16(9-14(18)20)5-7-19(8-6-16)13-4-3-12(10-17-13)15(21)22/h3-4,10H,2,5-9,11H2,1H3,(H,21,22). The van der Waals surface area contributed by atoms with Crippen molar-refractivity contribution in [3.05, 3.63) is 23.9 Å². The summed E-state index contributed by atoms with van der Waals surface area (Å²) in [5, 5.41) is 8.91. The molecule has 1 aromatic rings. The molecule has 3 heterocycles. The molecule has 1 aromatic heterocycles. The maximum Gasteiger partial charge on any atom is 0.337 e. The lowest BCUT2D eigenvalue weighted by molar-refractivity contribution is -0.127. The molecule has 0 aliphatic carbocycles. The van der Waals surface area contributed by atoms with Gasteiger partial charge in [-0.15, -0.1) is 0 Å². The van der Waals surface area contributed by atoms with Crippen molar-refractivity contribution in [2.75, 3.05) is 31.1 Å². The van der Waals surface area contributed by atoms with Gasteiger partial charge in [0.2, 0.25) is 5.91 Å². The number of carboxylic acid groups (broad SMARTS) is 1. The third kappa shape index (κ3) is 2.65. The first-order valence-electron chi connectivity index (χ1n) is 7.75. The quantitative estimate of drug-likeness (QED) is 0.918. The molecular weight excluding hydrogens is 282 g/mol. The fourth-order valence-electron chi connectivity index (χ4n) is 3.51. The summed E-state index contributed by atoms with van der Waals surface area (Å²) < 4.78 is 0. The molecule has 2 fully saturated rings. The zero-order chi connectivity index (χ0) is 15.7.